The predicted octanol–water partition coefficient (Wildman–Crippen LogP) is 4.72. The Balaban J connectivity index is 1.78. The summed E-state index contributed by atoms with van der Waals surface area (Å²) in [7, 11) is 0. The van der Waals surface area contributed by atoms with Crippen LogP contribution in [0.15, 0.2) is 72.8 Å². The summed E-state index contributed by atoms with van der Waals surface area (Å²) in [6.07, 6.45) is 4.90. The second kappa shape index (κ2) is 3.32. The highest BCUT2D eigenvalue weighted by Gasteiger charge is 2.95. The molecule has 0 bridgehead atoms. The lowest BCUT2D eigenvalue weighted by Gasteiger charge is -2.54. The molecule has 0 heteroatoms. The van der Waals surface area contributed by atoms with Crippen molar-refractivity contribution >= 4 is 0 Å². The molecular formula is C21H20. The smallest absolute Gasteiger partial charge is 0.0190 e. The number of benzene rings is 2. The second-order valence-electron chi connectivity index (χ2n) is 7.41. The van der Waals surface area contributed by atoms with Crippen molar-refractivity contribution in [1.29, 1.82) is 0 Å². The molecule has 104 valence electrons. The Morgan fingerprint density at radius 3 is 1.33 bits per heavy atom. The molecule has 2 aromatic rings. The fourth-order valence-corrected chi connectivity index (χ4v) is 6.33. The average Bonchev–Trinajstić information content (AvgIpc) is 2.88. The molecule has 0 nitrogen and oxygen atoms in total. The van der Waals surface area contributed by atoms with Gasteiger partial charge in [0.1, 0.15) is 0 Å². The van der Waals surface area contributed by atoms with E-state index in [1.807, 2.05) is 0 Å². The Hall–Kier alpha value is -1.82. The van der Waals surface area contributed by atoms with Crippen molar-refractivity contribution < 1.29 is 0 Å². The Morgan fingerprint density at radius 2 is 1.00 bits per heavy atom. The van der Waals surface area contributed by atoms with Crippen LogP contribution in [0.1, 0.15) is 25.0 Å². The summed E-state index contributed by atoms with van der Waals surface area (Å²) in [6, 6.07) is 22.4. The predicted molar refractivity (Wildman–Crippen MR) is 86.1 cm³/mol. The molecule has 0 aromatic heterocycles. The first kappa shape index (κ1) is 11.8. The van der Waals surface area contributed by atoms with Crippen molar-refractivity contribution in [2.24, 2.45) is 17.3 Å². The minimum atomic E-state index is 0.308. The average molecular weight is 272 g/mol. The summed E-state index contributed by atoms with van der Waals surface area (Å²) in [5.41, 5.74) is 4.00. The van der Waals surface area contributed by atoms with Crippen molar-refractivity contribution in [3.05, 3.63) is 83.9 Å². The Kier molecular flexibility index (Phi) is 1.87. The second-order valence-corrected chi connectivity index (χ2v) is 7.41. The van der Waals surface area contributed by atoms with E-state index in [-0.39, 0.29) is 0 Å². The van der Waals surface area contributed by atoms with Crippen LogP contribution in [0.4, 0.5) is 0 Å². The quantitative estimate of drug-likeness (QED) is 0.694. The van der Waals surface area contributed by atoms with E-state index in [9.17, 15) is 0 Å². The van der Waals surface area contributed by atoms with Gasteiger partial charge in [-0.05, 0) is 28.4 Å². The molecule has 2 aromatic carbocycles. The van der Waals surface area contributed by atoms with Gasteiger partial charge in [-0.3, -0.25) is 0 Å². The third kappa shape index (κ3) is 0.914. The fraction of sp³-hybridized carbons (Fsp3) is 0.333. The molecule has 0 saturated heterocycles. The number of allylic oxidation sites excluding steroid dienone is 2. The van der Waals surface area contributed by atoms with Gasteiger partial charge < -0.3 is 0 Å². The SMILES string of the molecule is CC1(C)[C@]2(c3ccccc3)[C@H]3C=C[C@@H]3[C@@]12c1ccccc1. The first-order chi connectivity index (χ1) is 10.2. The molecule has 0 N–H and O–H groups in total. The molecule has 3 aliphatic rings. The van der Waals surface area contributed by atoms with Crippen LogP contribution in [0.2, 0.25) is 0 Å². The molecule has 4 atom stereocenters. The molecule has 0 aliphatic heterocycles. The molecule has 3 aliphatic carbocycles. The lowest BCUT2D eigenvalue weighted by Crippen LogP contribution is -2.54. The number of fused-ring (bicyclic) bond motifs is 4. The summed E-state index contributed by atoms with van der Waals surface area (Å²) in [4.78, 5) is 0. The molecule has 21 heavy (non-hydrogen) atoms. The van der Waals surface area contributed by atoms with Crippen LogP contribution >= 0.6 is 0 Å². The van der Waals surface area contributed by atoms with Crippen LogP contribution in [-0.2, 0) is 10.8 Å². The minimum absolute atomic E-state index is 0.308. The third-order valence-corrected chi connectivity index (χ3v) is 6.90. The Labute approximate surface area is 126 Å². The molecule has 0 radical (unpaired) electrons. The van der Waals surface area contributed by atoms with Crippen LogP contribution in [0.5, 0.6) is 0 Å². The number of hydrogen-bond acceptors (Lipinski definition) is 0. The highest BCUT2D eigenvalue weighted by atomic mass is 15.0. The summed E-state index contributed by atoms with van der Waals surface area (Å²) in [5.74, 6) is 1.46. The highest BCUT2D eigenvalue weighted by molar-refractivity contribution is 5.68. The third-order valence-electron chi connectivity index (χ3n) is 6.90. The van der Waals surface area contributed by atoms with Crippen molar-refractivity contribution in [2.75, 3.05) is 0 Å². The largest absolute Gasteiger partial charge is 0.0835 e. The minimum Gasteiger partial charge on any atom is -0.0835 e. The first-order valence-corrected chi connectivity index (χ1v) is 7.98. The van der Waals surface area contributed by atoms with E-state index in [4.69, 9.17) is 0 Å². The van der Waals surface area contributed by atoms with Gasteiger partial charge in [-0.1, -0.05) is 86.7 Å². The highest BCUT2D eigenvalue weighted by Crippen LogP contribution is 2.94. The van der Waals surface area contributed by atoms with E-state index in [1.54, 1.807) is 0 Å². The molecule has 0 heterocycles. The van der Waals surface area contributed by atoms with Gasteiger partial charge in [0.05, 0.1) is 0 Å². The lowest BCUT2D eigenvalue weighted by molar-refractivity contribution is 0.143. The number of rotatable bonds is 2. The van der Waals surface area contributed by atoms with Gasteiger partial charge in [0.25, 0.3) is 0 Å². The van der Waals surface area contributed by atoms with E-state index < -0.39 is 0 Å². The molecule has 5 rings (SSSR count). The Morgan fingerprint density at radius 1 is 0.619 bits per heavy atom. The fourth-order valence-electron chi connectivity index (χ4n) is 6.33. The van der Waals surface area contributed by atoms with Crippen LogP contribution < -0.4 is 0 Å². The van der Waals surface area contributed by atoms with Gasteiger partial charge >= 0.3 is 0 Å². The van der Waals surface area contributed by atoms with E-state index in [0.29, 0.717) is 16.2 Å². The van der Waals surface area contributed by atoms with Crippen LogP contribution in [0, 0.1) is 17.3 Å². The zero-order valence-electron chi connectivity index (χ0n) is 12.6. The van der Waals surface area contributed by atoms with Crippen molar-refractivity contribution in [3.63, 3.8) is 0 Å². The van der Waals surface area contributed by atoms with E-state index in [2.05, 4.69) is 86.7 Å². The maximum Gasteiger partial charge on any atom is 0.0190 e. The van der Waals surface area contributed by atoms with Gasteiger partial charge in [-0.25, -0.2) is 0 Å². The molecule has 2 saturated carbocycles. The molecule has 0 amide bonds. The summed E-state index contributed by atoms with van der Waals surface area (Å²) >= 11 is 0. The van der Waals surface area contributed by atoms with Crippen molar-refractivity contribution in [1.82, 2.24) is 0 Å². The van der Waals surface area contributed by atoms with E-state index in [0.717, 1.165) is 11.8 Å². The maximum atomic E-state index is 2.48. The van der Waals surface area contributed by atoms with Crippen LogP contribution in [0.25, 0.3) is 0 Å². The summed E-state index contributed by atoms with van der Waals surface area (Å²) in [5, 5.41) is 0. The normalized spacial score (nSPS) is 40.5. The topological polar surface area (TPSA) is 0 Å². The van der Waals surface area contributed by atoms with Crippen molar-refractivity contribution in [2.45, 2.75) is 24.7 Å². The lowest BCUT2D eigenvalue weighted by atomic mass is 9.48. The molecule has 2 fully saturated rings. The van der Waals surface area contributed by atoms with Crippen LogP contribution in [-0.4, -0.2) is 0 Å². The summed E-state index contributed by atoms with van der Waals surface area (Å²) in [6.45, 7) is 4.96. The van der Waals surface area contributed by atoms with E-state index in [1.165, 1.54) is 11.1 Å². The number of hydrogen-bond donors (Lipinski definition) is 0. The molecule has 0 spiro atoms. The first-order valence-electron chi connectivity index (χ1n) is 7.98. The van der Waals surface area contributed by atoms with Gasteiger partial charge in [0.2, 0.25) is 0 Å². The zero-order valence-corrected chi connectivity index (χ0v) is 12.6. The van der Waals surface area contributed by atoms with E-state index >= 15 is 0 Å². The van der Waals surface area contributed by atoms with Gasteiger partial charge in [-0.15, -0.1) is 0 Å². The zero-order chi connectivity index (χ0) is 14.3. The van der Waals surface area contributed by atoms with Gasteiger partial charge in [0, 0.05) is 10.8 Å². The molecular weight excluding hydrogens is 252 g/mol. The monoisotopic (exact) mass is 272 g/mol. The van der Waals surface area contributed by atoms with Gasteiger partial charge in [-0.2, -0.15) is 0 Å². The summed E-state index contributed by atoms with van der Waals surface area (Å²) < 4.78 is 0. The molecule has 0 unspecified atom stereocenters. The standard InChI is InChI=1S/C21H20/c1-19(2)20(15-9-5-3-6-10-15)17-13-14-18(17)21(19,20)16-11-7-4-8-12-16/h3-14,17-18H,1-2H3/t17-,18-,20-,21-/m0/s1. The Bertz CT molecular complexity index is 677. The maximum absolute atomic E-state index is 2.48. The van der Waals surface area contributed by atoms with Gasteiger partial charge in [0.15, 0.2) is 0 Å². The van der Waals surface area contributed by atoms with Crippen molar-refractivity contribution in [3.8, 4) is 0 Å². The van der Waals surface area contributed by atoms with Crippen LogP contribution in [0.3, 0.4) is 0 Å².